The first-order chi connectivity index (χ1) is 26.9. The van der Waals surface area contributed by atoms with Gasteiger partial charge in [-0.3, -0.25) is 38.8 Å². The van der Waals surface area contributed by atoms with Gasteiger partial charge in [0.2, 0.25) is 0 Å². The van der Waals surface area contributed by atoms with E-state index in [1.807, 2.05) is 0 Å². The quantitative estimate of drug-likeness (QED) is 0.149. The maximum Gasteiger partial charge on any atom is 0.310 e. The van der Waals surface area contributed by atoms with E-state index < -0.39 is 73.0 Å². The van der Waals surface area contributed by atoms with E-state index in [0.29, 0.717) is 51.4 Å². The van der Waals surface area contributed by atoms with E-state index in [4.69, 9.17) is 18.9 Å². The fourth-order valence-electron chi connectivity index (χ4n) is 11.6. The van der Waals surface area contributed by atoms with Gasteiger partial charge in [0.05, 0.1) is 24.7 Å². The first-order valence-electron chi connectivity index (χ1n) is 22.7. The van der Waals surface area contributed by atoms with Crippen LogP contribution in [-0.2, 0) is 38.1 Å². The molecule has 4 fully saturated rings. The van der Waals surface area contributed by atoms with Gasteiger partial charge in [0.25, 0.3) is 0 Å². The number of nitrogens with zero attached hydrogens (tertiary/aromatic N) is 4. The van der Waals surface area contributed by atoms with Gasteiger partial charge in [0.1, 0.15) is 24.4 Å². The molecule has 4 saturated heterocycles. The van der Waals surface area contributed by atoms with Crippen LogP contribution in [0, 0.1) is 11.8 Å². The normalized spacial score (nSPS) is 28.3. The second-order valence-corrected chi connectivity index (χ2v) is 24.3. The number of carbonyl (C=O) groups is 4. The number of hydrogen-bond acceptors (Lipinski definition) is 12. The molecule has 2 atom stereocenters. The standard InChI is InChI=1S/C48H86N4O8/c1-41(2)23-31(24-42(3,4)49(41)17)57-37(53)21-35(39(55)59-33-27-45(9,10)51(19)46(11,12)28-33)36(40(56)60-34-29-47(13,14)52(20)48(15,16)30-34)22-38(54)58-32-25-43(5,6)50(18)44(7,8)26-32/h31-36H,21-30H2,1-20H3/t35-,36?/m1/s1. The van der Waals surface area contributed by atoms with Crippen LogP contribution in [0.1, 0.15) is 175 Å². The Kier molecular flexibility index (Phi) is 14.3. The molecule has 4 heterocycles. The van der Waals surface area contributed by atoms with Crippen molar-refractivity contribution in [2.45, 2.75) is 244 Å². The topological polar surface area (TPSA) is 118 Å². The average Bonchev–Trinajstić information content (AvgIpc) is 3.04. The monoisotopic (exact) mass is 847 g/mol. The minimum absolute atomic E-state index is 0.248. The van der Waals surface area contributed by atoms with E-state index in [1.165, 1.54) is 0 Å². The predicted molar refractivity (Wildman–Crippen MR) is 236 cm³/mol. The molecule has 0 amide bonds. The van der Waals surface area contributed by atoms with Gasteiger partial charge in [-0.2, -0.15) is 0 Å². The molecule has 0 N–H and O–H groups in total. The molecule has 60 heavy (non-hydrogen) atoms. The summed E-state index contributed by atoms with van der Waals surface area (Å²) in [7, 11) is 8.34. The van der Waals surface area contributed by atoms with E-state index in [0.717, 1.165) is 0 Å². The molecule has 4 aliphatic rings. The smallest absolute Gasteiger partial charge is 0.310 e. The summed E-state index contributed by atoms with van der Waals surface area (Å²) < 4.78 is 25.2. The summed E-state index contributed by atoms with van der Waals surface area (Å²) in [5.74, 6) is -5.28. The summed E-state index contributed by atoms with van der Waals surface area (Å²) in [5, 5.41) is 0. The van der Waals surface area contributed by atoms with Crippen LogP contribution in [-0.4, -0.2) is 140 Å². The van der Waals surface area contributed by atoms with E-state index in [1.54, 1.807) is 0 Å². The summed E-state index contributed by atoms with van der Waals surface area (Å²) in [6, 6.07) is 0. The first-order valence-corrected chi connectivity index (χ1v) is 22.7. The molecule has 12 nitrogen and oxygen atoms in total. The van der Waals surface area contributed by atoms with Crippen molar-refractivity contribution in [2.24, 2.45) is 11.8 Å². The first kappa shape index (κ1) is 50.4. The zero-order valence-corrected chi connectivity index (χ0v) is 41.6. The van der Waals surface area contributed by atoms with Crippen LogP contribution in [0.5, 0.6) is 0 Å². The molecule has 4 aliphatic heterocycles. The molecule has 0 spiro atoms. The Hall–Kier alpha value is -2.28. The molecule has 0 aromatic carbocycles. The number of ether oxygens (including phenoxy) is 4. The zero-order valence-electron chi connectivity index (χ0n) is 41.6. The number of hydrogen-bond donors (Lipinski definition) is 0. The Morgan fingerprint density at radius 3 is 0.717 bits per heavy atom. The number of esters is 4. The van der Waals surface area contributed by atoms with Crippen molar-refractivity contribution in [1.82, 2.24) is 19.6 Å². The molecule has 1 unspecified atom stereocenters. The van der Waals surface area contributed by atoms with Crippen LogP contribution < -0.4 is 0 Å². The summed E-state index contributed by atoms with van der Waals surface area (Å²) >= 11 is 0. The lowest BCUT2D eigenvalue weighted by Gasteiger charge is -2.53. The summed E-state index contributed by atoms with van der Waals surface area (Å²) in [5.41, 5.74) is -2.16. The van der Waals surface area contributed by atoms with E-state index >= 15 is 0 Å². The molecular weight excluding hydrogens is 761 g/mol. The van der Waals surface area contributed by atoms with Crippen molar-refractivity contribution in [3.8, 4) is 0 Å². The lowest BCUT2D eigenvalue weighted by molar-refractivity contribution is -0.182. The number of likely N-dealkylation sites (tertiary alicyclic amines) is 4. The van der Waals surface area contributed by atoms with Crippen molar-refractivity contribution < 1.29 is 38.1 Å². The van der Waals surface area contributed by atoms with Gasteiger partial charge in [0.15, 0.2) is 0 Å². The van der Waals surface area contributed by atoms with Gasteiger partial charge in [-0.05, 0) is 139 Å². The van der Waals surface area contributed by atoms with Crippen molar-refractivity contribution in [3.63, 3.8) is 0 Å². The Labute approximate surface area is 364 Å². The largest absolute Gasteiger partial charge is 0.462 e. The van der Waals surface area contributed by atoms with E-state index in [-0.39, 0.29) is 44.3 Å². The number of rotatable bonds is 11. The van der Waals surface area contributed by atoms with Crippen molar-refractivity contribution >= 4 is 23.9 Å². The maximum atomic E-state index is 14.8. The van der Waals surface area contributed by atoms with Gasteiger partial charge >= 0.3 is 23.9 Å². The molecule has 0 saturated carbocycles. The Balaban J connectivity index is 1.72. The zero-order chi connectivity index (χ0) is 46.0. The molecule has 0 aromatic heterocycles. The van der Waals surface area contributed by atoms with Gasteiger partial charge in [-0.25, -0.2) is 0 Å². The van der Waals surface area contributed by atoms with Crippen LogP contribution in [0.15, 0.2) is 0 Å². The third kappa shape index (κ3) is 11.3. The highest BCUT2D eigenvalue weighted by Gasteiger charge is 2.51. The lowest BCUT2D eigenvalue weighted by Crippen LogP contribution is -2.61. The van der Waals surface area contributed by atoms with Crippen molar-refractivity contribution in [2.75, 3.05) is 28.2 Å². The van der Waals surface area contributed by atoms with Gasteiger partial charge in [0, 0.05) is 95.7 Å². The minimum Gasteiger partial charge on any atom is -0.462 e. The summed E-state index contributed by atoms with van der Waals surface area (Å²) in [6.45, 7) is 34.1. The Morgan fingerprint density at radius 2 is 0.533 bits per heavy atom. The van der Waals surface area contributed by atoms with Gasteiger partial charge in [-0.15, -0.1) is 0 Å². The van der Waals surface area contributed by atoms with Crippen LogP contribution in [0.25, 0.3) is 0 Å². The highest BCUT2D eigenvalue weighted by atomic mass is 16.6. The molecule has 12 heteroatoms. The number of carbonyl (C=O) groups excluding carboxylic acids is 4. The highest BCUT2D eigenvalue weighted by Crippen LogP contribution is 2.43. The Morgan fingerprint density at radius 1 is 0.367 bits per heavy atom. The molecule has 0 radical (unpaired) electrons. The fourth-order valence-corrected chi connectivity index (χ4v) is 11.6. The molecule has 346 valence electrons. The summed E-state index contributed by atoms with van der Waals surface area (Å²) in [4.78, 5) is 67.4. The summed E-state index contributed by atoms with van der Waals surface area (Å²) in [6.07, 6.45) is 2.06. The van der Waals surface area contributed by atoms with Crippen LogP contribution in [0.3, 0.4) is 0 Å². The lowest BCUT2D eigenvalue weighted by atomic mass is 9.78. The van der Waals surface area contributed by atoms with Crippen LogP contribution in [0.2, 0.25) is 0 Å². The predicted octanol–water partition coefficient (Wildman–Crippen LogP) is 7.78. The van der Waals surface area contributed by atoms with Crippen LogP contribution >= 0.6 is 0 Å². The third-order valence-corrected chi connectivity index (χ3v) is 16.1. The fraction of sp³-hybridized carbons (Fsp3) is 0.917. The second kappa shape index (κ2) is 17.0. The van der Waals surface area contributed by atoms with Gasteiger partial charge in [-0.1, -0.05) is 0 Å². The maximum absolute atomic E-state index is 14.8. The minimum atomic E-state index is -1.34. The third-order valence-electron chi connectivity index (χ3n) is 16.1. The van der Waals surface area contributed by atoms with Crippen LogP contribution in [0.4, 0.5) is 0 Å². The number of piperidine rings is 4. The van der Waals surface area contributed by atoms with Crippen molar-refractivity contribution in [3.05, 3.63) is 0 Å². The molecule has 0 aromatic rings. The molecular formula is C48H86N4O8. The van der Waals surface area contributed by atoms with E-state index in [2.05, 4.69) is 159 Å². The average molecular weight is 847 g/mol. The van der Waals surface area contributed by atoms with Crippen molar-refractivity contribution in [1.29, 1.82) is 0 Å². The Bertz CT molecular complexity index is 1410. The van der Waals surface area contributed by atoms with Gasteiger partial charge < -0.3 is 18.9 Å². The molecule has 4 rings (SSSR count). The molecule has 0 aliphatic carbocycles. The highest BCUT2D eigenvalue weighted by molar-refractivity contribution is 5.88. The SMILES string of the molecule is CN1C(C)(C)CC(OC(=O)CC(C(=O)OC2CC(C)(C)N(C)C(C)(C)C2)[C@@H](CC(=O)OC2CC(C)(C)N(C)C(C)(C)C2)C(=O)OC2CC(C)(C)N(C)C(C)(C)C2)CC1(C)C. The second-order valence-electron chi connectivity index (χ2n) is 24.3. The van der Waals surface area contributed by atoms with E-state index in [9.17, 15) is 19.2 Å². The molecule has 0 bridgehead atoms.